The number of halogens is 2. The zero-order valence-corrected chi connectivity index (χ0v) is 17.4. The number of nitrogens with one attached hydrogen (secondary N) is 2. The van der Waals surface area contributed by atoms with Gasteiger partial charge in [-0.25, -0.2) is 8.78 Å². The molecule has 3 N–H and O–H groups in total. The fourth-order valence-corrected chi connectivity index (χ4v) is 3.61. The molecule has 2 atom stereocenters. The first-order chi connectivity index (χ1) is 13.0. The minimum atomic E-state index is -0.852. The van der Waals surface area contributed by atoms with E-state index in [2.05, 4.69) is 31.4 Å². The second-order valence-corrected chi connectivity index (χ2v) is 9.43. The third-order valence-corrected chi connectivity index (χ3v) is 5.35. The van der Waals surface area contributed by atoms with E-state index in [0.29, 0.717) is 17.5 Å². The Kier molecular flexibility index (Phi) is 7.57. The minimum absolute atomic E-state index is 0.0813. The van der Waals surface area contributed by atoms with Crippen LogP contribution in [-0.2, 0) is 11.2 Å². The third kappa shape index (κ3) is 7.84. The predicted octanol–water partition coefficient (Wildman–Crippen LogP) is 3.71. The summed E-state index contributed by atoms with van der Waals surface area (Å²) in [6, 6.07) is 2.65. The fraction of sp³-hybridized carbons (Fsp3) is 0.682. The first kappa shape index (κ1) is 22.8. The summed E-state index contributed by atoms with van der Waals surface area (Å²) in [4.78, 5) is 11.5. The zero-order valence-electron chi connectivity index (χ0n) is 17.4. The van der Waals surface area contributed by atoms with E-state index in [9.17, 15) is 18.7 Å². The molecule has 1 aromatic carbocycles. The van der Waals surface area contributed by atoms with Gasteiger partial charge in [0.25, 0.3) is 0 Å². The smallest absolute Gasteiger partial charge is 0.217 e. The van der Waals surface area contributed by atoms with E-state index in [1.165, 1.54) is 19.1 Å². The highest BCUT2D eigenvalue weighted by Crippen LogP contribution is 2.41. The molecule has 0 radical (unpaired) electrons. The number of carbonyl (C=O) groups is 1. The lowest BCUT2D eigenvalue weighted by Crippen LogP contribution is -2.50. The van der Waals surface area contributed by atoms with Gasteiger partial charge in [0.2, 0.25) is 5.91 Å². The second-order valence-electron chi connectivity index (χ2n) is 9.43. The van der Waals surface area contributed by atoms with Gasteiger partial charge in [-0.05, 0) is 55.2 Å². The Hall–Kier alpha value is -1.53. The van der Waals surface area contributed by atoms with Crippen LogP contribution < -0.4 is 10.6 Å². The molecular weight excluding hydrogens is 362 g/mol. The largest absolute Gasteiger partial charge is 0.390 e. The molecule has 6 heteroatoms. The molecular formula is C22H34F2N2O2. The standard InChI is InChI=1S/C22H34F2N2O2/c1-15(27)26-19(12-16-10-17(23)13-18(24)11-16)20(28)14-25-22(8-9-22)7-5-6-21(2,3)4/h10-11,13,19-20,25,28H,5-9,12,14H2,1-4H3,(H,26,27). The topological polar surface area (TPSA) is 61.4 Å². The van der Waals surface area contributed by atoms with Crippen molar-refractivity contribution in [1.29, 1.82) is 0 Å². The van der Waals surface area contributed by atoms with Crippen molar-refractivity contribution in [2.24, 2.45) is 5.41 Å². The molecule has 158 valence electrons. The van der Waals surface area contributed by atoms with Gasteiger partial charge >= 0.3 is 0 Å². The number of benzene rings is 1. The summed E-state index contributed by atoms with van der Waals surface area (Å²) in [6.07, 6.45) is 4.83. The number of carbonyl (C=O) groups excluding carboxylic acids is 1. The number of aliphatic hydroxyl groups excluding tert-OH is 1. The highest BCUT2D eigenvalue weighted by atomic mass is 19.1. The maximum absolute atomic E-state index is 13.5. The van der Waals surface area contributed by atoms with Gasteiger partial charge in [-0.1, -0.05) is 27.2 Å². The van der Waals surface area contributed by atoms with Gasteiger partial charge in [0.15, 0.2) is 0 Å². The van der Waals surface area contributed by atoms with Crippen molar-refractivity contribution in [2.75, 3.05) is 6.54 Å². The Labute approximate surface area is 167 Å². The van der Waals surface area contributed by atoms with Crippen molar-refractivity contribution in [3.05, 3.63) is 35.4 Å². The van der Waals surface area contributed by atoms with Gasteiger partial charge in [-0.15, -0.1) is 0 Å². The van der Waals surface area contributed by atoms with Crippen LogP contribution in [0.3, 0.4) is 0 Å². The molecule has 2 rings (SSSR count). The lowest BCUT2D eigenvalue weighted by molar-refractivity contribution is -0.120. The van der Waals surface area contributed by atoms with Crippen LogP contribution in [0.4, 0.5) is 8.78 Å². The Balaban J connectivity index is 1.91. The average molecular weight is 397 g/mol. The van der Waals surface area contributed by atoms with Crippen LogP contribution in [0.15, 0.2) is 18.2 Å². The quantitative estimate of drug-likeness (QED) is 0.565. The monoisotopic (exact) mass is 396 g/mol. The molecule has 1 fully saturated rings. The van der Waals surface area contributed by atoms with Gasteiger partial charge in [0, 0.05) is 25.1 Å². The van der Waals surface area contributed by atoms with Crippen LogP contribution in [-0.4, -0.2) is 35.2 Å². The van der Waals surface area contributed by atoms with Gasteiger partial charge in [0.05, 0.1) is 12.1 Å². The number of amides is 1. The van der Waals surface area contributed by atoms with Gasteiger partial charge in [0.1, 0.15) is 11.6 Å². The molecule has 0 heterocycles. The summed E-state index contributed by atoms with van der Waals surface area (Å²) >= 11 is 0. The van der Waals surface area contributed by atoms with Crippen molar-refractivity contribution in [3.8, 4) is 0 Å². The molecule has 0 saturated heterocycles. The first-order valence-electron chi connectivity index (χ1n) is 10.1. The molecule has 0 spiro atoms. The summed E-state index contributed by atoms with van der Waals surface area (Å²) in [7, 11) is 0. The number of rotatable bonds is 10. The Morgan fingerprint density at radius 2 is 1.82 bits per heavy atom. The van der Waals surface area contributed by atoms with Crippen LogP contribution in [0, 0.1) is 17.0 Å². The van der Waals surface area contributed by atoms with E-state index in [0.717, 1.165) is 38.2 Å². The van der Waals surface area contributed by atoms with E-state index in [4.69, 9.17) is 0 Å². The fourth-order valence-electron chi connectivity index (χ4n) is 3.61. The van der Waals surface area contributed by atoms with Gasteiger partial charge < -0.3 is 15.7 Å². The lowest BCUT2D eigenvalue weighted by atomic mass is 9.88. The summed E-state index contributed by atoms with van der Waals surface area (Å²) in [5.41, 5.74) is 0.797. The Bertz CT molecular complexity index is 649. The molecule has 4 nitrogen and oxygen atoms in total. The molecule has 2 unspecified atom stereocenters. The summed E-state index contributed by atoms with van der Waals surface area (Å²) in [5, 5.41) is 16.8. The predicted molar refractivity (Wildman–Crippen MR) is 107 cm³/mol. The highest BCUT2D eigenvalue weighted by Gasteiger charge is 2.42. The summed E-state index contributed by atoms with van der Waals surface area (Å²) in [5.74, 6) is -1.62. The van der Waals surface area contributed by atoms with Crippen molar-refractivity contribution in [1.82, 2.24) is 10.6 Å². The van der Waals surface area contributed by atoms with Crippen LogP contribution in [0.25, 0.3) is 0 Å². The van der Waals surface area contributed by atoms with Crippen molar-refractivity contribution in [3.63, 3.8) is 0 Å². The highest BCUT2D eigenvalue weighted by molar-refractivity contribution is 5.73. The molecule has 0 aliphatic heterocycles. The van der Waals surface area contributed by atoms with Crippen LogP contribution >= 0.6 is 0 Å². The molecule has 1 aliphatic rings. The first-order valence-corrected chi connectivity index (χ1v) is 10.1. The van der Waals surface area contributed by atoms with Crippen LogP contribution in [0.1, 0.15) is 65.4 Å². The molecule has 28 heavy (non-hydrogen) atoms. The van der Waals surface area contributed by atoms with E-state index in [1.807, 2.05) is 0 Å². The van der Waals surface area contributed by atoms with Gasteiger partial charge in [-0.3, -0.25) is 4.79 Å². The number of aliphatic hydroxyl groups is 1. The van der Waals surface area contributed by atoms with Crippen LogP contribution in [0.2, 0.25) is 0 Å². The molecule has 0 bridgehead atoms. The molecule has 1 aliphatic carbocycles. The van der Waals surface area contributed by atoms with E-state index in [1.54, 1.807) is 0 Å². The van der Waals surface area contributed by atoms with Gasteiger partial charge in [-0.2, -0.15) is 0 Å². The maximum Gasteiger partial charge on any atom is 0.217 e. The molecule has 1 saturated carbocycles. The lowest BCUT2D eigenvalue weighted by Gasteiger charge is -2.27. The Morgan fingerprint density at radius 3 is 2.32 bits per heavy atom. The average Bonchev–Trinajstić information content (AvgIpc) is 3.29. The Morgan fingerprint density at radius 1 is 1.21 bits per heavy atom. The summed E-state index contributed by atoms with van der Waals surface area (Å²) < 4.78 is 26.9. The number of hydrogen-bond acceptors (Lipinski definition) is 3. The number of β-amino-alcohol motifs (C(OH)–C–C–N with tert-alkyl or cyclic N) is 1. The maximum atomic E-state index is 13.5. The van der Waals surface area contributed by atoms with Crippen LogP contribution in [0.5, 0.6) is 0 Å². The summed E-state index contributed by atoms with van der Waals surface area (Å²) in [6.45, 7) is 8.40. The van der Waals surface area contributed by atoms with Crippen molar-refractivity contribution in [2.45, 2.75) is 83.9 Å². The SMILES string of the molecule is CC(=O)NC(Cc1cc(F)cc(F)c1)C(O)CNC1(CCCC(C)(C)C)CC1. The zero-order chi connectivity index (χ0) is 20.9. The van der Waals surface area contributed by atoms with Crippen molar-refractivity contribution < 1.29 is 18.7 Å². The van der Waals surface area contributed by atoms with Crippen molar-refractivity contribution >= 4 is 5.91 Å². The van der Waals surface area contributed by atoms with E-state index >= 15 is 0 Å². The molecule has 1 aromatic rings. The second kappa shape index (κ2) is 9.31. The third-order valence-electron chi connectivity index (χ3n) is 5.35. The minimum Gasteiger partial charge on any atom is -0.390 e. The molecule has 0 aromatic heterocycles. The van der Waals surface area contributed by atoms with E-state index in [-0.39, 0.29) is 17.9 Å². The van der Waals surface area contributed by atoms with E-state index < -0.39 is 23.8 Å². The number of hydrogen-bond donors (Lipinski definition) is 3. The molecule has 1 amide bonds. The normalized spacial score (nSPS) is 17.8.